The molecule has 2 rings (SSSR count). The molecule has 0 spiro atoms. The number of aromatic nitrogens is 2. The lowest BCUT2D eigenvalue weighted by Crippen LogP contribution is -2.27. The van der Waals surface area contributed by atoms with Crippen LogP contribution in [0.2, 0.25) is 5.02 Å². The average Bonchev–Trinajstić information content (AvgIpc) is 2.69. The quantitative estimate of drug-likeness (QED) is 0.912. The molecule has 0 aliphatic heterocycles. The van der Waals surface area contributed by atoms with Gasteiger partial charge in [-0.25, -0.2) is 0 Å². The van der Waals surface area contributed by atoms with Crippen molar-refractivity contribution in [3.05, 3.63) is 16.4 Å². The molecule has 1 N–H and O–H groups in total. The van der Waals surface area contributed by atoms with E-state index >= 15 is 0 Å². The van der Waals surface area contributed by atoms with E-state index in [1.807, 2.05) is 4.68 Å². The van der Waals surface area contributed by atoms with Gasteiger partial charge in [-0.15, -0.1) is 0 Å². The van der Waals surface area contributed by atoms with Gasteiger partial charge in [0.2, 0.25) is 0 Å². The van der Waals surface area contributed by atoms with E-state index in [-0.39, 0.29) is 6.10 Å². The van der Waals surface area contributed by atoms with Crippen molar-refractivity contribution < 1.29 is 5.11 Å². The molecular weight excluding hydrogens is 248 g/mol. The molecule has 1 aromatic heterocycles. The number of halogens is 1. The molecule has 1 heterocycles. The van der Waals surface area contributed by atoms with Gasteiger partial charge < -0.3 is 5.11 Å². The molecule has 1 aromatic rings. The fraction of sp³-hybridized carbons (Fsp3) is 0.786. The van der Waals surface area contributed by atoms with Crippen molar-refractivity contribution in [1.29, 1.82) is 0 Å². The third kappa shape index (κ3) is 2.72. The highest BCUT2D eigenvalue weighted by atomic mass is 35.5. The monoisotopic (exact) mass is 270 g/mol. The van der Waals surface area contributed by atoms with Crippen molar-refractivity contribution in [1.82, 2.24) is 9.78 Å². The maximum Gasteiger partial charge on any atom is 0.0849 e. The fourth-order valence-electron chi connectivity index (χ4n) is 2.89. The van der Waals surface area contributed by atoms with Crippen LogP contribution in [0.25, 0.3) is 0 Å². The number of hydrogen-bond acceptors (Lipinski definition) is 2. The highest BCUT2D eigenvalue weighted by Crippen LogP contribution is 2.31. The molecule has 102 valence electrons. The summed E-state index contributed by atoms with van der Waals surface area (Å²) in [6, 6.07) is 0. The van der Waals surface area contributed by atoms with E-state index in [4.69, 9.17) is 11.6 Å². The molecule has 18 heavy (non-hydrogen) atoms. The van der Waals surface area contributed by atoms with Gasteiger partial charge in [-0.3, -0.25) is 4.68 Å². The van der Waals surface area contributed by atoms with Crippen molar-refractivity contribution in [3.63, 3.8) is 0 Å². The van der Waals surface area contributed by atoms with Crippen molar-refractivity contribution in [3.8, 4) is 0 Å². The molecule has 2 atom stereocenters. The van der Waals surface area contributed by atoms with Crippen LogP contribution in [0.1, 0.15) is 50.9 Å². The van der Waals surface area contributed by atoms with E-state index < -0.39 is 0 Å². The van der Waals surface area contributed by atoms with E-state index in [1.165, 1.54) is 6.42 Å². The van der Waals surface area contributed by atoms with Crippen LogP contribution < -0.4 is 0 Å². The second-order valence-corrected chi connectivity index (χ2v) is 5.57. The summed E-state index contributed by atoms with van der Waals surface area (Å²) in [6.07, 6.45) is 5.98. The minimum atomic E-state index is -0.167. The van der Waals surface area contributed by atoms with Crippen molar-refractivity contribution >= 4 is 11.6 Å². The summed E-state index contributed by atoms with van der Waals surface area (Å²) in [5.41, 5.74) is 2.10. The zero-order valence-electron chi connectivity index (χ0n) is 11.3. The standard InChI is InChI=1S/C14H23ClN2O/c1-3-11-14(15)12(17(4-2)16-11)9-10-7-5-6-8-13(10)18/h10,13,18H,3-9H2,1-2H3. The highest BCUT2D eigenvalue weighted by molar-refractivity contribution is 6.31. The summed E-state index contributed by atoms with van der Waals surface area (Å²) >= 11 is 6.41. The minimum Gasteiger partial charge on any atom is -0.393 e. The van der Waals surface area contributed by atoms with Crippen LogP contribution in [0.15, 0.2) is 0 Å². The summed E-state index contributed by atoms with van der Waals surface area (Å²) < 4.78 is 2.00. The SMILES string of the molecule is CCc1nn(CC)c(CC2CCCCC2O)c1Cl. The first kappa shape index (κ1) is 13.9. The molecule has 0 amide bonds. The van der Waals surface area contributed by atoms with Crippen LogP contribution in [-0.2, 0) is 19.4 Å². The van der Waals surface area contributed by atoms with E-state index in [0.29, 0.717) is 5.92 Å². The first-order valence-corrected chi connectivity index (χ1v) is 7.47. The molecular formula is C14H23ClN2O. The first-order valence-electron chi connectivity index (χ1n) is 7.09. The van der Waals surface area contributed by atoms with Crippen LogP contribution in [-0.4, -0.2) is 21.0 Å². The van der Waals surface area contributed by atoms with E-state index in [9.17, 15) is 5.11 Å². The van der Waals surface area contributed by atoms with E-state index in [0.717, 1.165) is 55.1 Å². The third-order valence-corrected chi connectivity index (χ3v) is 4.45. The largest absolute Gasteiger partial charge is 0.393 e. The van der Waals surface area contributed by atoms with Crippen LogP contribution in [0.4, 0.5) is 0 Å². The molecule has 1 fully saturated rings. The lowest BCUT2D eigenvalue weighted by molar-refractivity contribution is 0.0690. The smallest absolute Gasteiger partial charge is 0.0849 e. The average molecular weight is 271 g/mol. The number of nitrogens with zero attached hydrogens (tertiary/aromatic N) is 2. The zero-order chi connectivity index (χ0) is 13.1. The van der Waals surface area contributed by atoms with Crippen LogP contribution in [0, 0.1) is 5.92 Å². The third-order valence-electron chi connectivity index (χ3n) is 4.02. The summed E-state index contributed by atoms with van der Waals surface area (Å²) in [5, 5.41) is 15.4. The first-order chi connectivity index (χ1) is 8.67. The lowest BCUT2D eigenvalue weighted by Gasteiger charge is -2.27. The molecule has 4 heteroatoms. The maximum absolute atomic E-state index is 10.1. The van der Waals surface area contributed by atoms with Crippen molar-refractivity contribution in [2.45, 2.75) is 65.0 Å². The van der Waals surface area contributed by atoms with Crippen molar-refractivity contribution in [2.75, 3.05) is 0 Å². The fourth-order valence-corrected chi connectivity index (χ4v) is 3.23. The molecule has 1 aliphatic rings. The Balaban J connectivity index is 2.19. The Morgan fingerprint density at radius 3 is 2.67 bits per heavy atom. The summed E-state index contributed by atoms with van der Waals surface area (Å²) in [4.78, 5) is 0. The summed E-state index contributed by atoms with van der Waals surface area (Å²) in [5.74, 6) is 0.350. The number of hydrogen-bond donors (Lipinski definition) is 1. The van der Waals surface area contributed by atoms with Crippen LogP contribution in [0.3, 0.4) is 0 Å². The van der Waals surface area contributed by atoms with E-state index in [2.05, 4.69) is 18.9 Å². The van der Waals surface area contributed by atoms with Gasteiger partial charge in [-0.1, -0.05) is 31.4 Å². The number of aliphatic hydroxyl groups is 1. The Morgan fingerprint density at radius 2 is 2.06 bits per heavy atom. The Hall–Kier alpha value is -0.540. The number of aryl methyl sites for hydroxylation is 2. The van der Waals surface area contributed by atoms with Gasteiger partial charge in [0.1, 0.15) is 0 Å². The molecule has 0 bridgehead atoms. The summed E-state index contributed by atoms with van der Waals surface area (Å²) in [6.45, 7) is 5.01. The normalized spacial score (nSPS) is 24.4. The Labute approximate surface area is 114 Å². The minimum absolute atomic E-state index is 0.167. The molecule has 0 aromatic carbocycles. The predicted octanol–water partition coefficient (Wildman–Crippen LogP) is 3.21. The van der Waals surface area contributed by atoms with Gasteiger partial charge in [0.25, 0.3) is 0 Å². The summed E-state index contributed by atoms with van der Waals surface area (Å²) in [7, 11) is 0. The Morgan fingerprint density at radius 1 is 1.33 bits per heavy atom. The van der Waals surface area contributed by atoms with Gasteiger partial charge in [0.15, 0.2) is 0 Å². The number of rotatable bonds is 4. The van der Waals surface area contributed by atoms with Gasteiger partial charge in [-0.2, -0.15) is 5.10 Å². The molecule has 3 nitrogen and oxygen atoms in total. The molecule has 2 unspecified atom stereocenters. The predicted molar refractivity (Wildman–Crippen MR) is 74.0 cm³/mol. The van der Waals surface area contributed by atoms with Crippen LogP contribution >= 0.6 is 11.6 Å². The topological polar surface area (TPSA) is 38.0 Å². The van der Waals surface area contributed by atoms with Gasteiger partial charge in [0, 0.05) is 6.54 Å². The number of aliphatic hydroxyl groups excluding tert-OH is 1. The maximum atomic E-state index is 10.1. The van der Waals surface area contributed by atoms with Gasteiger partial charge in [-0.05, 0) is 38.5 Å². The lowest BCUT2D eigenvalue weighted by atomic mass is 9.83. The molecule has 0 radical (unpaired) electrons. The highest BCUT2D eigenvalue weighted by Gasteiger charge is 2.26. The second-order valence-electron chi connectivity index (χ2n) is 5.19. The van der Waals surface area contributed by atoms with Gasteiger partial charge in [0.05, 0.1) is 22.5 Å². The second kappa shape index (κ2) is 6.07. The Bertz CT molecular complexity index is 403. The van der Waals surface area contributed by atoms with E-state index in [1.54, 1.807) is 0 Å². The Kier molecular flexibility index (Phi) is 4.68. The van der Waals surface area contributed by atoms with Crippen molar-refractivity contribution in [2.24, 2.45) is 5.92 Å². The zero-order valence-corrected chi connectivity index (χ0v) is 12.1. The molecule has 0 saturated heterocycles. The molecule has 1 saturated carbocycles. The van der Waals surface area contributed by atoms with Crippen LogP contribution in [0.5, 0.6) is 0 Å². The van der Waals surface area contributed by atoms with Gasteiger partial charge >= 0.3 is 0 Å². The molecule has 1 aliphatic carbocycles.